The van der Waals surface area contributed by atoms with Crippen LogP contribution >= 0.6 is 11.8 Å². The van der Waals surface area contributed by atoms with Crippen molar-refractivity contribution in [3.63, 3.8) is 0 Å². The Morgan fingerprint density at radius 1 is 0.440 bits per heavy atom. The van der Waals surface area contributed by atoms with Gasteiger partial charge in [-0.1, -0.05) is 110 Å². The number of rotatable bonds is 14. The average molecular weight is 1060 g/mol. The first-order valence-corrected chi connectivity index (χ1v) is 27.7. The van der Waals surface area contributed by atoms with Crippen LogP contribution in [-0.2, 0) is 76.7 Å². The van der Waals surface area contributed by atoms with Gasteiger partial charge in [-0.2, -0.15) is 11.8 Å². The normalized spacial score (nSPS) is 25.5. The quantitative estimate of drug-likeness (QED) is 0.153. The number of hydrogen-bond donors (Lipinski definition) is 0. The minimum absolute atomic E-state index is 0.0816. The standard InChI is InChI=1S/C57H85N5O12S/c1-35(2)28-44-54(67)71-40(10)51(64)59(12)47(31-38(7)8)57(70)74-49(33-42-20-22-43(23-21-42)34-62-24-26-75-27-25-62)53(66)61(14)45(29-36(3)4)55(68)72-39(9)50(63)58(11)46(30-37(5)6)56(69)73-48(52(65)60(44)13)32-41-18-16-15-17-19-41/h15-23,35-40,44-49H,24-34H2,1-14H3/t39-,40-,44+,45+,46+,47+,48-,49-/m1/s1. The summed E-state index contributed by atoms with van der Waals surface area (Å²) in [7, 11) is 5.62. The van der Waals surface area contributed by atoms with Crippen molar-refractivity contribution in [3.8, 4) is 0 Å². The number of carbonyl (C=O) groups excluding carboxylic acids is 8. The van der Waals surface area contributed by atoms with Crippen LogP contribution in [0.25, 0.3) is 0 Å². The van der Waals surface area contributed by atoms with Gasteiger partial charge in [-0.15, -0.1) is 0 Å². The molecule has 416 valence electrons. The van der Waals surface area contributed by atoms with E-state index < -0.39 is 96.1 Å². The van der Waals surface area contributed by atoms with Gasteiger partial charge in [-0.25, -0.2) is 19.2 Å². The number of carbonyl (C=O) groups is 8. The van der Waals surface area contributed by atoms with E-state index in [4.69, 9.17) is 18.9 Å². The highest BCUT2D eigenvalue weighted by Crippen LogP contribution is 2.25. The maximum absolute atomic E-state index is 15.0. The van der Waals surface area contributed by atoms with Gasteiger partial charge in [0, 0.05) is 72.2 Å². The van der Waals surface area contributed by atoms with Gasteiger partial charge in [0.2, 0.25) is 0 Å². The third kappa shape index (κ3) is 18.4. The van der Waals surface area contributed by atoms with E-state index >= 15 is 0 Å². The Morgan fingerprint density at radius 2 is 0.747 bits per heavy atom. The zero-order valence-electron chi connectivity index (χ0n) is 46.9. The lowest BCUT2D eigenvalue weighted by molar-refractivity contribution is -0.176. The summed E-state index contributed by atoms with van der Waals surface area (Å²) >= 11 is 1.93. The molecule has 4 amide bonds. The molecule has 8 atom stereocenters. The molecule has 0 N–H and O–H groups in total. The molecule has 2 aliphatic rings. The smallest absolute Gasteiger partial charge is 0.329 e. The third-order valence-corrected chi connectivity index (χ3v) is 14.6. The molecular weight excluding hydrogens is 979 g/mol. The van der Waals surface area contributed by atoms with Crippen LogP contribution in [0, 0.1) is 23.7 Å². The van der Waals surface area contributed by atoms with E-state index in [1.54, 1.807) is 30.3 Å². The van der Waals surface area contributed by atoms with Crippen molar-refractivity contribution < 1.29 is 57.3 Å². The molecule has 2 saturated heterocycles. The van der Waals surface area contributed by atoms with E-state index in [-0.39, 0.29) is 62.2 Å². The zero-order chi connectivity index (χ0) is 55.8. The molecule has 2 aromatic rings. The number of likely N-dealkylation sites (N-methyl/N-ethyl adjacent to an activating group) is 4. The summed E-state index contributed by atoms with van der Waals surface area (Å²) in [5.41, 5.74) is 2.41. The van der Waals surface area contributed by atoms with Gasteiger partial charge in [0.1, 0.15) is 24.2 Å². The number of benzene rings is 2. The SMILES string of the molecule is CC(C)C[C@H]1C(=O)O[C@H](Cc2ccc(CN3CCSCC3)cc2)C(=O)N(C)[C@@H](CC(C)C)C(=O)O[C@H](C)C(=O)N(C)[C@@H](CC(C)C)C(=O)O[C@H](Cc2ccccc2)C(=O)N(C)[C@@H](CC(C)C)C(=O)O[C@H](C)C(=O)N1C. The number of thioether (sulfide) groups is 1. The van der Waals surface area contributed by atoms with Gasteiger partial charge < -0.3 is 38.5 Å². The topological polar surface area (TPSA) is 190 Å². The number of nitrogens with zero attached hydrogens (tertiary/aromatic N) is 5. The summed E-state index contributed by atoms with van der Waals surface area (Å²) < 4.78 is 24.1. The van der Waals surface area contributed by atoms with Crippen LogP contribution in [0.5, 0.6) is 0 Å². The van der Waals surface area contributed by atoms with Gasteiger partial charge >= 0.3 is 23.9 Å². The summed E-state index contributed by atoms with van der Waals surface area (Å²) in [6.45, 7) is 20.4. The van der Waals surface area contributed by atoms with E-state index in [9.17, 15) is 38.4 Å². The van der Waals surface area contributed by atoms with Crippen molar-refractivity contribution in [2.24, 2.45) is 23.7 Å². The van der Waals surface area contributed by atoms with E-state index in [2.05, 4.69) is 4.90 Å². The Bertz CT molecular complexity index is 2220. The highest BCUT2D eigenvalue weighted by Gasteiger charge is 2.43. The van der Waals surface area contributed by atoms with Gasteiger partial charge in [-0.05, 0) is 79.9 Å². The molecule has 0 aromatic heterocycles. The maximum atomic E-state index is 15.0. The minimum Gasteiger partial charge on any atom is -0.451 e. The number of ether oxygens (including phenoxy) is 4. The lowest BCUT2D eigenvalue weighted by Crippen LogP contribution is -2.55. The predicted molar refractivity (Wildman–Crippen MR) is 288 cm³/mol. The molecule has 2 aromatic carbocycles. The summed E-state index contributed by atoms with van der Waals surface area (Å²) in [5.74, 6) is -4.99. The molecular formula is C57H85N5O12S. The molecule has 0 saturated carbocycles. The summed E-state index contributed by atoms with van der Waals surface area (Å²) in [5, 5.41) is 0. The van der Waals surface area contributed by atoms with Crippen LogP contribution in [0.1, 0.15) is 112 Å². The summed E-state index contributed by atoms with van der Waals surface area (Å²) in [4.78, 5) is 123. The monoisotopic (exact) mass is 1060 g/mol. The fraction of sp³-hybridized carbons (Fsp3) is 0.649. The van der Waals surface area contributed by atoms with Gasteiger partial charge in [-0.3, -0.25) is 24.1 Å². The first kappa shape index (κ1) is 62.1. The minimum atomic E-state index is -1.49. The molecule has 4 rings (SSSR count). The molecule has 75 heavy (non-hydrogen) atoms. The second kappa shape index (κ2) is 29.1. The first-order chi connectivity index (χ1) is 35.3. The Morgan fingerprint density at radius 3 is 1.09 bits per heavy atom. The van der Waals surface area contributed by atoms with Crippen LogP contribution in [0.2, 0.25) is 0 Å². The molecule has 0 bridgehead atoms. The molecule has 0 unspecified atom stereocenters. The second-order valence-electron chi connectivity index (χ2n) is 22.0. The van der Waals surface area contributed by atoms with E-state index in [1.165, 1.54) is 51.8 Å². The van der Waals surface area contributed by atoms with Crippen LogP contribution in [0.15, 0.2) is 54.6 Å². The summed E-state index contributed by atoms with van der Waals surface area (Å²) in [6, 6.07) is 11.6. The van der Waals surface area contributed by atoms with Crippen molar-refractivity contribution in [3.05, 3.63) is 71.3 Å². The number of hydrogen-bond acceptors (Lipinski definition) is 14. The molecule has 2 heterocycles. The van der Waals surface area contributed by atoms with E-state index in [0.29, 0.717) is 11.1 Å². The van der Waals surface area contributed by atoms with E-state index in [1.807, 2.05) is 91.4 Å². The Hall–Kier alpha value is -5.49. The zero-order valence-corrected chi connectivity index (χ0v) is 47.8. The third-order valence-electron chi connectivity index (χ3n) is 13.7. The molecule has 17 nitrogen and oxygen atoms in total. The molecule has 2 aliphatic heterocycles. The molecule has 0 aliphatic carbocycles. The first-order valence-electron chi connectivity index (χ1n) is 26.6. The van der Waals surface area contributed by atoms with Gasteiger partial charge in [0.25, 0.3) is 23.6 Å². The van der Waals surface area contributed by atoms with E-state index in [0.717, 1.165) is 46.5 Å². The average Bonchev–Trinajstić information content (AvgIpc) is 3.36. The van der Waals surface area contributed by atoms with Crippen LogP contribution < -0.4 is 0 Å². The fourth-order valence-electron chi connectivity index (χ4n) is 9.32. The van der Waals surface area contributed by atoms with Crippen LogP contribution in [0.4, 0.5) is 0 Å². The summed E-state index contributed by atoms with van der Waals surface area (Å²) in [6.07, 6.45) is -5.59. The van der Waals surface area contributed by atoms with Crippen LogP contribution in [0.3, 0.4) is 0 Å². The van der Waals surface area contributed by atoms with Gasteiger partial charge in [0.15, 0.2) is 24.4 Å². The number of amides is 4. The lowest BCUT2D eigenvalue weighted by atomic mass is 9.99. The highest BCUT2D eigenvalue weighted by atomic mass is 32.2. The number of esters is 4. The Kier molecular flexibility index (Phi) is 24.1. The van der Waals surface area contributed by atoms with Crippen molar-refractivity contribution in [1.29, 1.82) is 0 Å². The molecule has 0 spiro atoms. The second-order valence-corrected chi connectivity index (χ2v) is 23.2. The van der Waals surface area contributed by atoms with Crippen molar-refractivity contribution in [1.82, 2.24) is 24.5 Å². The van der Waals surface area contributed by atoms with Crippen molar-refractivity contribution in [2.75, 3.05) is 52.8 Å². The van der Waals surface area contributed by atoms with Crippen molar-refractivity contribution in [2.45, 2.75) is 163 Å². The maximum Gasteiger partial charge on any atom is 0.329 e. The molecule has 0 radical (unpaired) electrons. The van der Waals surface area contributed by atoms with Crippen LogP contribution in [-0.4, -0.2) is 173 Å². The molecule has 18 heteroatoms. The van der Waals surface area contributed by atoms with Crippen molar-refractivity contribution >= 4 is 59.3 Å². The molecule has 2 fully saturated rings. The number of cyclic esters (lactones) is 4. The Balaban J connectivity index is 1.84. The fourth-order valence-corrected chi connectivity index (χ4v) is 10.3. The van der Waals surface area contributed by atoms with Gasteiger partial charge in [0.05, 0.1) is 0 Å². The Labute approximate surface area is 450 Å². The largest absolute Gasteiger partial charge is 0.451 e. The predicted octanol–water partition coefficient (Wildman–Crippen LogP) is 6.21. The lowest BCUT2D eigenvalue weighted by Gasteiger charge is -2.35. The highest BCUT2D eigenvalue weighted by molar-refractivity contribution is 7.99.